The van der Waals surface area contributed by atoms with E-state index in [9.17, 15) is 9.59 Å². The molecule has 1 aromatic carbocycles. The Morgan fingerprint density at radius 1 is 1.04 bits per heavy atom. The second-order valence-corrected chi connectivity index (χ2v) is 8.70. The Morgan fingerprint density at radius 3 is 2.27 bits per heavy atom. The molecule has 1 aliphatic carbocycles. The average molecular weight is 350 g/mol. The van der Waals surface area contributed by atoms with Crippen molar-refractivity contribution in [1.29, 1.82) is 0 Å². The van der Waals surface area contributed by atoms with E-state index in [1.54, 1.807) is 0 Å². The zero-order chi connectivity index (χ0) is 18.7. The van der Waals surface area contributed by atoms with Crippen LogP contribution < -0.4 is 0 Å². The number of ketones is 1. The summed E-state index contributed by atoms with van der Waals surface area (Å²) in [5.74, 6) is 0.305. The highest BCUT2D eigenvalue weighted by atomic mass is 16.2. The van der Waals surface area contributed by atoms with E-state index in [0.29, 0.717) is 13.1 Å². The van der Waals surface area contributed by atoms with Gasteiger partial charge >= 0.3 is 0 Å². The van der Waals surface area contributed by atoms with Crippen LogP contribution in [0.5, 0.6) is 0 Å². The van der Waals surface area contributed by atoms with Crippen molar-refractivity contribution in [3.8, 4) is 0 Å². The minimum absolute atomic E-state index is 0.00429. The van der Waals surface area contributed by atoms with Gasteiger partial charge in [0, 0.05) is 41.7 Å². The molecule has 2 aromatic rings. The fraction of sp³-hybridized carbons (Fsp3) is 0.455. The first-order chi connectivity index (χ1) is 12.2. The first-order valence-corrected chi connectivity index (χ1v) is 9.30. The molecule has 0 radical (unpaired) electrons. The van der Waals surface area contributed by atoms with Gasteiger partial charge in [-0.2, -0.15) is 0 Å². The van der Waals surface area contributed by atoms with Gasteiger partial charge in [0.15, 0.2) is 5.78 Å². The van der Waals surface area contributed by atoms with Crippen LogP contribution in [0.3, 0.4) is 0 Å². The number of hydrogen-bond donors (Lipinski definition) is 0. The molecule has 1 aromatic heterocycles. The molecule has 2 heterocycles. The smallest absolute Gasteiger partial charge is 0.243 e. The van der Waals surface area contributed by atoms with E-state index in [-0.39, 0.29) is 35.0 Å². The maximum atomic E-state index is 13.3. The minimum atomic E-state index is 0.00429. The number of carbonyl (C=O) groups is 2. The minimum Gasteiger partial charge on any atom is -0.337 e. The lowest BCUT2D eigenvalue weighted by Crippen LogP contribution is -2.31. The summed E-state index contributed by atoms with van der Waals surface area (Å²) in [7, 11) is 0. The topological polar surface area (TPSA) is 42.3 Å². The Bertz CT molecular complexity index is 911. The van der Waals surface area contributed by atoms with Gasteiger partial charge in [-0.3, -0.25) is 9.59 Å². The Labute approximate surface area is 154 Å². The molecule has 1 amide bonds. The van der Waals surface area contributed by atoms with Gasteiger partial charge in [0.2, 0.25) is 5.91 Å². The molecule has 0 spiro atoms. The highest BCUT2D eigenvalue weighted by molar-refractivity contribution is 6.11. The van der Waals surface area contributed by atoms with Crippen LogP contribution >= 0.6 is 0 Å². The number of carbonyl (C=O) groups excluding carboxylic acids is 2. The Kier molecular flexibility index (Phi) is 3.66. The Hall–Kier alpha value is -2.36. The Balaban J connectivity index is 1.69. The van der Waals surface area contributed by atoms with E-state index in [2.05, 4.69) is 27.7 Å². The fourth-order valence-electron chi connectivity index (χ4n) is 4.51. The predicted molar refractivity (Wildman–Crippen MR) is 103 cm³/mol. The molecular weight excluding hydrogens is 324 g/mol. The van der Waals surface area contributed by atoms with E-state index in [4.69, 9.17) is 0 Å². The highest BCUT2D eigenvalue weighted by Crippen LogP contribution is 2.69. The molecule has 0 saturated heterocycles. The lowest BCUT2D eigenvalue weighted by Gasteiger charge is -2.16. The van der Waals surface area contributed by atoms with E-state index < -0.39 is 0 Å². The maximum absolute atomic E-state index is 13.3. The second kappa shape index (κ2) is 5.57. The third-order valence-electron chi connectivity index (χ3n) is 6.81. The normalized spacial score (nSPS) is 20.7. The molecule has 0 atom stereocenters. The average Bonchev–Trinajstić information content (AvgIpc) is 3.08. The van der Waals surface area contributed by atoms with Crippen molar-refractivity contribution in [3.05, 3.63) is 48.2 Å². The molecule has 26 heavy (non-hydrogen) atoms. The van der Waals surface area contributed by atoms with Crippen LogP contribution in [0.4, 0.5) is 0 Å². The van der Waals surface area contributed by atoms with Crippen LogP contribution in [-0.2, 0) is 11.3 Å². The summed E-state index contributed by atoms with van der Waals surface area (Å²) in [6, 6.07) is 7.90. The van der Waals surface area contributed by atoms with Crippen LogP contribution in [-0.4, -0.2) is 34.2 Å². The Morgan fingerprint density at radius 2 is 1.65 bits per heavy atom. The number of aromatic nitrogens is 1. The van der Waals surface area contributed by atoms with E-state index >= 15 is 0 Å². The fourth-order valence-corrected chi connectivity index (χ4v) is 4.51. The molecule has 4 nitrogen and oxygen atoms in total. The van der Waals surface area contributed by atoms with Gasteiger partial charge in [-0.05, 0) is 16.9 Å². The molecule has 1 saturated carbocycles. The third kappa shape index (κ3) is 2.35. The molecule has 2 aliphatic rings. The van der Waals surface area contributed by atoms with Crippen LogP contribution in [0.25, 0.3) is 10.9 Å². The molecule has 1 fully saturated rings. The zero-order valence-corrected chi connectivity index (χ0v) is 16.0. The van der Waals surface area contributed by atoms with Crippen molar-refractivity contribution in [2.24, 2.45) is 16.7 Å². The van der Waals surface area contributed by atoms with Crippen molar-refractivity contribution in [2.75, 3.05) is 13.1 Å². The number of nitrogens with zero attached hydrogens (tertiary/aromatic N) is 2. The molecule has 0 unspecified atom stereocenters. The zero-order valence-electron chi connectivity index (χ0n) is 16.0. The van der Waals surface area contributed by atoms with Crippen molar-refractivity contribution in [1.82, 2.24) is 9.47 Å². The molecule has 0 N–H and O–H groups in total. The largest absolute Gasteiger partial charge is 0.337 e. The first kappa shape index (κ1) is 17.1. The van der Waals surface area contributed by atoms with Gasteiger partial charge in [0.1, 0.15) is 6.54 Å². The van der Waals surface area contributed by atoms with Gasteiger partial charge < -0.3 is 9.47 Å². The van der Waals surface area contributed by atoms with Crippen LogP contribution in [0.1, 0.15) is 38.1 Å². The van der Waals surface area contributed by atoms with Gasteiger partial charge in [-0.25, -0.2) is 0 Å². The number of fused-ring (bicyclic) bond motifs is 1. The van der Waals surface area contributed by atoms with Crippen LogP contribution in [0.2, 0.25) is 0 Å². The standard InChI is InChI=1S/C22H26N2O2/c1-21(2)20(22(21,3)4)19(26)16-13-24(17-10-6-5-9-15(16)17)14-18(25)23-11-7-8-12-23/h5-10,13,20H,11-12,14H2,1-4H3. The summed E-state index contributed by atoms with van der Waals surface area (Å²) < 4.78 is 1.94. The monoisotopic (exact) mass is 350 g/mol. The summed E-state index contributed by atoms with van der Waals surface area (Å²) in [4.78, 5) is 27.7. The van der Waals surface area contributed by atoms with E-state index in [1.807, 2.05) is 52.1 Å². The number of benzene rings is 1. The summed E-state index contributed by atoms with van der Waals surface area (Å²) in [5.41, 5.74) is 1.71. The summed E-state index contributed by atoms with van der Waals surface area (Å²) >= 11 is 0. The number of Topliss-reactive ketones (excluding diaryl/α,β-unsaturated/α-hetero) is 1. The number of rotatable bonds is 4. The van der Waals surface area contributed by atoms with Gasteiger partial charge in [-0.1, -0.05) is 58.0 Å². The van der Waals surface area contributed by atoms with Crippen molar-refractivity contribution >= 4 is 22.6 Å². The van der Waals surface area contributed by atoms with Crippen LogP contribution in [0, 0.1) is 16.7 Å². The molecule has 0 bridgehead atoms. The molecule has 136 valence electrons. The van der Waals surface area contributed by atoms with Crippen molar-refractivity contribution in [2.45, 2.75) is 34.2 Å². The van der Waals surface area contributed by atoms with Gasteiger partial charge in [-0.15, -0.1) is 0 Å². The summed E-state index contributed by atoms with van der Waals surface area (Å²) in [6.45, 7) is 10.3. The van der Waals surface area contributed by atoms with Gasteiger partial charge in [0.25, 0.3) is 0 Å². The molecule has 1 aliphatic heterocycles. The first-order valence-electron chi connectivity index (χ1n) is 9.30. The number of para-hydroxylation sites is 1. The number of hydrogen-bond acceptors (Lipinski definition) is 2. The second-order valence-electron chi connectivity index (χ2n) is 8.70. The van der Waals surface area contributed by atoms with E-state index in [0.717, 1.165) is 16.5 Å². The lowest BCUT2D eigenvalue weighted by molar-refractivity contribution is -0.130. The molecule has 4 rings (SSSR count). The lowest BCUT2D eigenvalue weighted by atomic mass is 10.0. The molecular formula is C22H26N2O2. The van der Waals surface area contributed by atoms with Gasteiger partial charge in [0.05, 0.1) is 0 Å². The van der Waals surface area contributed by atoms with Crippen LogP contribution in [0.15, 0.2) is 42.6 Å². The maximum Gasteiger partial charge on any atom is 0.243 e. The van der Waals surface area contributed by atoms with Crippen molar-refractivity contribution in [3.63, 3.8) is 0 Å². The molecule has 4 heteroatoms. The third-order valence-corrected chi connectivity index (χ3v) is 6.81. The SMILES string of the molecule is CC1(C)C(C(=O)c2cn(CC(=O)N3CC=CC3)c3ccccc23)C1(C)C. The van der Waals surface area contributed by atoms with E-state index in [1.165, 1.54) is 0 Å². The number of amides is 1. The van der Waals surface area contributed by atoms with Crippen molar-refractivity contribution < 1.29 is 9.59 Å². The summed E-state index contributed by atoms with van der Waals surface area (Å²) in [5, 5.41) is 0.948. The summed E-state index contributed by atoms with van der Waals surface area (Å²) in [6.07, 6.45) is 5.91. The highest BCUT2D eigenvalue weighted by Gasteiger charge is 2.68. The predicted octanol–water partition coefficient (Wildman–Crippen LogP) is 3.90. The quantitative estimate of drug-likeness (QED) is 0.620.